The summed E-state index contributed by atoms with van der Waals surface area (Å²) in [7, 11) is 0. The largest absolute Gasteiger partial charge is 0.350 e. The van der Waals surface area contributed by atoms with Crippen LogP contribution in [0, 0.1) is 0 Å². The van der Waals surface area contributed by atoms with Crippen LogP contribution in [-0.4, -0.2) is 23.9 Å². The number of nitrogens with one attached hydrogen (secondary N) is 2. The second-order valence-electron chi connectivity index (χ2n) is 5.37. The number of benzene rings is 1. The van der Waals surface area contributed by atoms with Gasteiger partial charge in [0.15, 0.2) is 0 Å². The van der Waals surface area contributed by atoms with E-state index in [4.69, 9.17) is 0 Å². The molecule has 0 aliphatic heterocycles. The Bertz CT molecular complexity index is 514. The Morgan fingerprint density at radius 2 is 1.85 bits per heavy atom. The molecular formula is C16H20N2O2. The van der Waals surface area contributed by atoms with E-state index < -0.39 is 0 Å². The van der Waals surface area contributed by atoms with Crippen LogP contribution in [0.1, 0.15) is 42.6 Å². The monoisotopic (exact) mass is 272 g/mol. The minimum atomic E-state index is -0.115. The van der Waals surface area contributed by atoms with Crippen molar-refractivity contribution in [3.8, 4) is 0 Å². The average molecular weight is 272 g/mol. The Labute approximate surface area is 119 Å². The second-order valence-corrected chi connectivity index (χ2v) is 5.37. The first kappa shape index (κ1) is 14.3. The van der Waals surface area contributed by atoms with E-state index >= 15 is 0 Å². The predicted octanol–water partition coefficient (Wildman–Crippen LogP) is 2.12. The first-order valence-corrected chi connectivity index (χ1v) is 6.94. The lowest BCUT2D eigenvalue weighted by Crippen LogP contribution is -2.28. The summed E-state index contributed by atoms with van der Waals surface area (Å²) in [6, 6.07) is 7.71. The maximum Gasteiger partial charge on any atom is 0.251 e. The zero-order chi connectivity index (χ0) is 14.5. The lowest BCUT2D eigenvalue weighted by molar-refractivity contribution is -0.116. The summed E-state index contributed by atoms with van der Waals surface area (Å²) in [5.74, 6) is -0.142. The van der Waals surface area contributed by atoms with Gasteiger partial charge in [-0.05, 0) is 50.5 Å². The lowest BCUT2D eigenvalue weighted by atomic mass is 10.1. The maximum atomic E-state index is 11.8. The van der Waals surface area contributed by atoms with E-state index in [1.807, 2.05) is 26.0 Å². The van der Waals surface area contributed by atoms with Gasteiger partial charge in [-0.25, -0.2) is 0 Å². The zero-order valence-corrected chi connectivity index (χ0v) is 11.8. The average Bonchev–Trinajstić information content (AvgIpc) is 3.20. The molecule has 2 N–H and O–H groups in total. The highest BCUT2D eigenvalue weighted by Crippen LogP contribution is 2.19. The van der Waals surface area contributed by atoms with Crippen LogP contribution in [0.15, 0.2) is 30.3 Å². The van der Waals surface area contributed by atoms with Gasteiger partial charge in [0, 0.05) is 23.7 Å². The van der Waals surface area contributed by atoms with Crippen molar-refractivity contribution in [3.63, 3.8) is 0 Å². The smallest absolute Gasteiger partial charge is 0.251 e. The minimum absolute atomic E-state index is 0.0272. The van der Waals surface area contributed by atoms with Gasteiger partial charge in [-0.1, -0.05) is 12.1 Å². The fraction of sp³-hybridized carbons (Fsp3) is 0.375. The Hall–Kier alpha value is -2.10. The summed E-state index contributed by atoms with van der Waals surface area (Å²) in [4.78, 5) is 23.3. The molecule has 2 rings (SSSR count). The standard InChI is InChI=1S/C16H20N2O2/c1-11(2)17-15(19)10-5-12-3-6-13(7-4-12)16(20)18-14-8-9-14/h3-7,10-11,14H,8-9H2,1-2H3,(H,17,19)(H,18,20)/b10-5+. The summed E-state index contributed by atoms with van der Waals surface area (Å²) in [6.45, 7) is 3.83. The molecule has 0 bridgehead atoms. The maximum absolute atomic E-state index is 11.8. The second kappa shape index (κ2) is 6.37. The Morgan fingerprint density at radius 1 is 1.20 bits per heavy atom. The van der Waals surface area contributed by atoms with E-state index in [0.717, 1.165) is 18.4 Å². The third-order valence-corrected chi connectivity index (χ3v) is 2.94. The van der Waals surface area contributed by atoms with Crippen LogP contribution in [0.2, 0.25) is 0 Å². The van der Waals surface area contributed by atoms with Gasteiger partial charge in [-0.2, -0.15) is 0 Å². The fourth-order valence-corrected chi connectivity index (χ4v) is 1.75. The van der Waals surface area contributed by atoms with Crippen LogP contribution in [0.5, 0.6) is 0 Å². The summed E-state index contributed by atoms with van der Waals surface area (Å²) in [5, 5.41) is 5.72. The molecule has 1 aromatic carbocycles. The van der Waals surface area contributed by atoms with Gasteiger partial charge < -0.3 is 10.6 Å². The fourth-order valence-electron chi connectivity index (χ4n) is 1.75. The van der Waals surface area contributed by atoms with E-state index in [-0.39, 0.29) is 17.9 Å². The Kier molecular flexibility index (Phi) is 4.56. The first-order chi connectivity index (χ1) is 9.54. The number of carbonyl (C=O) groups excluding carboxylic acids is 2. The van der Waals surface area contributed by atoms with Gasteiger partial charge in [-0.15, -0.1) is 0 Å². The van der Waals surface area contributed by atoms with Crippen molar-refractivity contribution in [2.24, 2.45) is 0 Å². The molecule has 0 radical (unpaired) electrons. The molecular weight excluding hydrogens is 252 g/mol. The van der Waals surface area contributed by atoms with Gasteiger partial charge in [0.1, 0.15) is 0 Å². The highest BCUT2D eigenvalue weighted by molar-refractivity contribution is 5.95. The molecule has 0 aromatic heterocycles. The van der Waals surface area contributed by atoms with Crippen LogP contribution in [-0.2, 0) is 4.79 Å². The summed E-state index contributed by atoms with van der Waals surface area (Å²) < 4.78 is 0. The third kappa shape index (κ3) is 4.53. The summed E-state index contributed by atoms with van der Waals surface area (Å²) in [5.41, 5.74) is 1.55. The van der Waals surface area contributed by atoms with Crippen molar-refractivity contribution in [1.82, 2.24) is 10.6 Å². The van der Waals surface area contributed by atoms with E-state index in [1.165, 1.54) is 6.08 Å². The number of hydrogen-bond donors (Lipinski definition) is 2. The van der Waals surface area contributed by atoms with Crippen LogP contribution in [0.3, 0.4) is 0 Å². The SMILES string of the molecule is CC(C)NC(=O)/C=C/c1ccc(C(=O)NC2CC2)cc1. The molecule has 0 heterocycles. The van der Waals surface area contributed by atoms with Gasteiger partial charge in [-0.3, -0.25) is 9.59 Å². The van der Waals surface area contributed by atoms with Gasteiger partial charge >= 0.3 is 0 Å². The molecule has 4 heteroatoms. The van der Waals surface area contributed by atoms with Gasteiger partial charge in [0.25, 0.3) is 5.91 Å². The topological polar surface area (TPSA) is 58.2 Å². The van der Waals surface area contributed by atoms with Crippen molar-refractivity contribution in [3.05, 3.63) is 41.5 Å². The molecule has 1 fully saturated rings. The molecule has 1 aromatic rings. The van der Waals surface area contributed by atoms with E-state index in [2.05, 4.69) is 10.6 Å². The van der Waals surface area contributed by atoms with E-state index in [9.17, 15) is 9.59 Å². The van der Waals surface area contributed by atoms with Crippen molar-refractivity contribution in [1.29, 1.82) is 0 Å². The number of hydrogen-bond acceptors (Lipinski definition) is 2. The molecule has 20 heavy (non-hydrogen) atoms. The van der Waals surface area contributed by atoms with Crippen molar-refractivity contribution >= 4 is 17.9 Å². The van der Waals surface area contributed by atoms with Crippen LogP contribution < -0.4 is 10.6 Å². The van der Waals surface area contributed by atoms with Gasteiger partial charge in [0.2, 0.25) is 5.91 Å². The molecule has 106 valence electrons. The first-order valence-electron chi connectivity index (χ1n) is 6.94. The molecule has 0 saturated heterocycles. The molecule has 1 saturated carbocycles. The van der Waals surface area contributed by atoms with Crippen LogP contribution >= 0.6 is 0 Å². The Morgan fingerprint density at radius 3 is 2.40 bits per heavy atom. The lowest BCUT2D eigenvalue weighted by Gasteiger charge is -2.05. The van der Waals surface area contributed by atoms with E-state index in [0.29, 0.717) is 11.6 Å². The molecule has 2 amide bonds. The molecule has 0 atom stereocenters. The quantitative estimate of drug-likeness (QED) is 0.807. The van der Waals surface area contributed by atoms with Crippen molar-refractivity contribution < 1.29 is 9.59 Å². The number of amides is 2. The predicted molar refractivity (Wildman–Crippen MR) is 79.2 cm³/mol. The third-order valence-electron chi connectivity index (χ3n) is 2.94. The van der Waals surface area contributed by atoms with Crippen molar-refractivity contribution in [2.75, 3.05) is 0 Å². The Balaban J connectivity index is 1.92. The number of rotatable bonds is 5. The highest BCUT2D eigenvalue weighted by Gasteiger charge is 2.23. The van der Waals surface area contributed by atoms with Gasteiger partial charge in [0.05, 0.1) is 0 Å². The molecule has 1 aliphatic carbocycles. The zero-order valence-electron chi connectivity index (χ0n) is 11.8. The summed E-state index contributed by atoms with van der Waals surface area (Å²) >= 11 is 0. The van der Waals surface area contributed by atoms with Crippen LogP contribution in [0.4, 0.5) is 0 Å². The number of carbonyl (C=O) groups is 2. The van der Waals surface area contributed by atoms with Crippen LogP contribution in [0.25, 0.3) is 6.08 Å². The molecule has 0 unspecified atom stereocenters. The van der Waals surface area contributed by atoms with Crippen molar-refractivity contribution in [2.45, 2.75) is 38.8 Å². The molecule has 0 spiro atoms. The van der Waals surface area contributed by atoms with E-state index in [1.54, 1.807) is 18.2 Å². The molecule has 4 nitrogen and oxygen atoms in total. The minimum Gasteiger partial charge on any atom is -0.350 e. The normalized spacial score (nSPS) is 14.6. The highest BCUT2D eigenvalue weighted by atomic mass is 16.2. The summed E-state index contributed by atoms with van der Waals surface area (Å²) in [6.07, 6.45) is 5.40. The molecule has 1 aliphatic rings.